The zero-order valence-electron chi connectivity index (χ0n) is 6.50. The molecule has 0 bridgehead atoms. The van der Waals surface area contributed by atoms with E-state index in [-0.39, 0.29) is 38.5 Å². The summed E-state index contributed by atoms with van der Waals surface area (Å²) in [5.74, 6) is 0.189. The molecule has 11 heavy (non-hydrogen) atoms. The summed E-state index contributed by atoms with van der Waals surface area (Å²) in [6, 6.07) is 9.93. The molecule has 0 aliphatic rings. The Balaban J connectivity index is 0.000001000. The number of hydrogen-bond donors (Lipinski definition) is 0. The predicted octanol–water partition coefficient (Wildman–Crippen LogP) is 2.08. The second-order valence-electron chi connectivity index (χ2n) is 2.07. The van der Waals surface area contributed by atoms with Gasteiger partial charge in [-0.3, -0.25) is 4.79 Å². The van der Waals surface area contributed by atoms with Crippen molar-refractivity contribution in [1.82, 2.24) is 0 Å². The quantitative estimate of drug-likeness (QED) is 0.553. The fraction of sp³-hybridized carbons (Fsp3) is 0.222. The Morgan fingerprint density at radius 3 is 2.45 bits per heavy atom. The Kier molecular flexibility index (Phi) is 5.62. The zero-order chi connectivity index (χ0) is 7.40. The Bertz CT molecular complexity index is 218. The maximum atomic E-state index is 11.0. The zero-order valence-corrected chi connectivity index (χ0v) is 9.34. The number of benzene rings is 1. The van der Waals surface area contributed by atoms with Crippen molar-refractivity contribution in [2.75, 3.05) is 0 Å². The van der Waals surface area contributed by atoms with Gasteiger partial charge >= 0.3 is 0 Å². The first-order valence-electron chi connectivity index (χ1n) is 3.34. The topological polar surface area (TPSA) is 17.1 Å². The Hall–Kier alpha value is -0.00610. The second kappa shape index (κ2) is 5.62. The van der Waals surface area contributed by atoms with Crippen LogP contribution in [-0.2, 0) is 32.7 Å². The van der Waals surface area contributed by atoms with Gasteiger partial charge in [0, 0.05) is 39.1 Å². The van der Waals surface area contributed by atoms with Crippen molar-refractivity contribution in [3.8, 4) is 0 Å². The van der Waals surface area contributed by atoms with E-state index in [1.165, 1.54) is 0 Å². The minimum Gasteiger partial charge on any atom is -0.297 e. The average molecular weight is 222 g/mol. The van der Waals surface area contributed by atoms with E-state index in [0.717, 1.165) is 5.56 Å². The van der Waals surface area contributed by atoms with E-state index in [1.807, 2.05) is 6.92 Å². The summed E-state index contributed by atoms with van der Waals surface area (Å²) in [7, 11) is 0. The molecule has 0 saturated carbocycles. The van der Waals surface area contributed by atoms with E-state index in [0.29, 0.717) is 6.42 Å². The van der Waals surface area contributed by atoms with Crippen LogP contribution in [0, 0.1) is 6.07 Å². The van der Waals surface area contributed by atoms with E-state index in [4.69, 9.17) is 0 Å². The summed E-state index contributed by atoms with van der Waals surface area (Å²) < 4.78 is 0. The first-order chi connectivity index (χ1) is 4.84. The van der Waals surface area contributed by atoms with Crippen molar-refractivity contribution in [3.05, 3.63) is 35.9 Å². The van der Waals surface area contributed by atoms with Crippen molar-refractivity contribution in [1.29, 1.82) is 0 Å². The van der Waals surface area contributed by atoms with Crippen molar-refractivity contribution in [3.63, 3.8) is 0 Å². The molecule has 0 amide bonds. The molecular formula is C9H9OY-. The molecule has 0 unspecified atom stereocenters. The molecule has 1 aromatic carbocycles. The van der Waals surface area contributed by atoms with Gasteiger partial charge in [0.05, 0.1) is 0 Å². The number of carbonyl (C=O) groups excluding carboxylic acids is 1. The maximum Gasteiger partial charge on any atom is 0.138 e. The van der Waals surface area contributed by atoms with Gasteiger partial charge in [0.1, 0.15) is 5.78 Å². The van der Waals surface area contributed by atoms with Crippen molar-refractivity contribution >= 4 is 5.78 Å². The fourth-order valence-electron chi connectivity index (χ4n) is 0.777. The number of hydrogen-bond acceptors (Lipinski definition) is 1. The molecule has 0 saturated heterocycles. The molecule has 1 aromatic rings. The summed E-state index contributed by atoms with van der Waals surface area (Å²) in [6.45, 7) is 1.86. The third kappa shape index (κ3) is 3.26. The molecule has 0 spiro atoms. The largest absolute Gasteiger partial charge is 0.297 e. The van der Waals surface area contributed by atoms with Crippen LogP contribution in [0.2, 0.25) is 0 Å². The molecule has 55 valence electrons. The van der Waals surface area contributed by atoms with Crippen molar-refractivity contribution in [2.45, 2.75) is 13.3 Å². The van der Waals surface area contributed by atoms with Crippen LogP contribution in [-0.4, -0.2) is 5.78 Å². The van der Waals surface area contributed by atoms with Crippen LogP contribution in [0.1, 0.15) is 23.7 Å². The van der Waals surface area contributed by atoms with Gasteiger partial charge < -0.3 is 0 Å². The Morgan fingerprint density at radius 1 is 1.45 bits per heavy atom. The summed E-state index contributed by atoms with van der Waals surface area (Å²) in [5.41, 5.74) is 0.779. The molecule has 0 fully saturated rings. The smallest absolute Gasteiger partial charge is 0.138 e. The van der Waals surface area contributed by atoms with Gasteiger partial charge in [0.15, 0.2) is 0 Å². The van der Waals surface area contributed by atoms with E-state index in [2.05, 4.69) is 6.07 Å². The molecule has 0 atom stereocenters. The van der Waals surface area contributed by atoms with Gasteiger partial charge in [0.2, 0.25) is 0 Å². The van der Waals surface area contributed by atoms with Crippen molar-refractivity contribution < 1.29 is 37.5 Å². The van der Waals surface area contributed by atoms with Crippen LogP contribution >= 0.6 is 0 Å². The standard InChI is InChI=1S/C9H9O.Y/c1-2-9(10)8-6-4-3-5-7-8;/h4-7H,2H2,1H3;/q-1;. The van der Waals surface area contributed by atoms with Gasteiger partial charge in [0.25, 0.3) is 0 Å². The number of rotatable bonds is 2. The van der Waals surface area contributed by atoms with Crippen LogP contribution in [0.25, 0.3) is 0 Å². The normalized spacial score (nSPS) is 8.45. The minimum absolute atomic E-state index is 0. The van der Waals surface area contributed by atoms with Crippen LogP contribution in [0.15, 0.2) is 24.3 Å². The summed E-state index contributed by atoms with van der Waals surface area (Å²) in [4.78, 5) is 11.0. The third-order valence-electron chi connectivity index (χ3n) is 1.36. The van der Waals surface area contributed by atoms with Crippen LogP contribution in [0.3, 0.4) is 0 Å². The van der Waals surface area contributed by atoms with Crippen LogP contribution in [0.4, 0.5) is 0 Å². The minimum atomic E-state index is 0. The second-order valence-corrected chi connectivity index (χ2v) is 2.07. The molecule has 0 N–H and O–H groups in total. The molecule has 1 nitrogen and oxygen atoms in total. The third-order valence-corrected chi connectivity index (χ3v) is 1.36. The van der Waals surface area contributed by atoms with E-state index in [9.17, 15) is 4.79 Å². The van der Waals surface area contributed by atoms with E-state index < -0.39 is 0 Å². The first-order valence-corrected chi connectivity index (χ1v) is 3.34. The molecule has 1 rings (SSSR count). The van der Waals surface area contributed by atoms with Crippen molar-refractivity contribution in [2.24, 2.45) is 0 Å². The molecule has 2 heteroatoms. The van der Waals surface area contributed by atoms with Crippen LogP contribution < -0.4 is 0 Å². The molecular weight excluding hydrogens is 213 g/mol. The van der Waals surface area contributed by atoms with Gasteiger partial charge in [-0.1, -0.05) is 12.5 Å². The van der Waals surface area contributed by atoms with Crippen LogP contribution in [0.5, 0.6) is 0 Å². The molecule has 1 radical (unpaired) electrons. The molecule has 0 aliphatic carbocycles. The number of ketones is 1. The SMILES string of the molecule is CCC(=O)c1cc[c-]cc1.[Y]. The molecule has 0 aromatic heterocycles. The van der Waals surface area contributed by atoms with Gasteiger partial charge in [-0.2, -0.15) is 30.3 Å². The summed E-state index contributed by atoms with van der Waals surface area (Å²) >= 11 is 0. The van der Waals surface area contributed by atoms with E-state index >= 15 is 0 Å². The first kappa shape index (κ1) is 11.0. The van der Waals surface area contributed by atoms with Gasteiger partial charge in [-0.15, -0.1) is 0 Å². The summed E-state index contributed by atoms with van der Waals surface area (Å²) in [5, 5.41) is 0. The monoisotopic (exact) mass is 222 g/mol. The number of carbonyl (C=O) groups is 1. The predicted molar refractivity (Wildman–Crippen MR) is 39.9 cm³/mol. The Morgan fingerprint density at radius 2 is 2.00 bits per heavy atom. The van der Waals surface area contributed by atoms with Gasteiger partial charge in [-0.05, 0) is 0 Å². The molecule has 0 aliphatic heterocycles. The van der Waals surface area contributed by atoms with Gasteiger partial charge in [-0.25, -0.2) is 0 Å². The summed E-state index contributed by atoms with van der Waals surface area (Å²) in [6.07, 6.45) is 0.573. The molecule has 0 heterocycles. The maximum absolute atomic E-state index is 11.0. The number of Topliss-reactive ketones (excluding diaryl/α,β-unsaturated/α-hetero) is 1. The van der Waals surface area contributed by atoms with E-state index in [1.54, 1.807) is 24.3 Å². The fourth-order valence-corrected chi connectivity index (χ4v) is 0.777. The Labute approximate surface area is 92.1 Å². The average Bonchev–Trinajstić information content (AvgIpc) is 2.05.